The van der Waals surface area contributed by atoms with Crippen LogP contribution in [0.15, 0.2) is 78.9 Å². The van der Waals surface area contributed by atoms with Gasteiger partial charge in [0.1, 0.15) is 17.5 Å². The third kappa shape index (κ3) is 8.15. The van der Waals surface area contributed by atoms with Gasteiger partial charge in [-0.25, -0.2) is 0 Å². The van der Waals surface area contributed by atoms with Crippen LogP contribution in [-0.2, 0) is 22.6 Å². The van der Waals surface area contributed by atoms with E-state index in [1.807, 2.05) is 61.5 Å². The molecule has 0 heterocycles. The van der Waals surface area contributed by atoms with E-state index in [0.29, 0.717) is 31.0 Å². The van der Waals surface area contributed by atoms with Gasteiger partial charge in [-0.2, -0.15) is 0 Å². The molecule has 0 fully saturated rings. The van der Waals surface area contributed by atoms with Crippen LogP contribution >= 0.6 is 0 Å². The van der Waals surface area contributed by atoms with Crippen molar-refractivity contribution in [2.45, 2.75) is 45.7 Å². The van der Waals surface area contributed by atoms with Gasteiger partial charge in [0.2, 0.25) is 5.91 Å². The Labute approximate surface area is 214 Å². The van der Waals surface area contributed by atoms with E-state index in [0.717, 1.165) is 29.5 Å². The van der Waals surface area contributed by atoms with Crippen LogP contribution in [-0.4, -0.2) is 43.0 Å². The van der Waals surface area contributed by atoms with Crippen LogP contribution in [0.1, 0.15) is 36.5 Å². The predicted octanol–water partition coefficient (Wildman–Crippen LogP) is 4.94. The van der Waals surface area contributed by atoms with E-state index in [9.17, 15) is 9.59 Å². The molecule has 3 rings (SSSR count). The lowest BCUT2D eigenvalue weighted by Crippen LogP contribution is -2.51. The molecule has 6 heteroatoms. The summed E-state index contributed by atoms with van der Waals surface area (Å²) < 4.78 is 11.0. The number of hydrogen-bond acceptors (Lipinski definition) is 4. The molecule has 36 heavy (non-hydrogen) atoms. The summed E-state index contributed by atoms with van der Waals surface area (Å²) in [5, 5.41) is 3.03. The molecule has 0 aliphatic heterocycles. The maximum atomic E-state index is 13.6. The Morgan fingerprint density at radius 1 is 0.889 bits per heavy atom. The highest BCUT2D eigenvalue weighted by molar-refractivity contribution is 5.88. The number of carbonyl (C=O) groups excluding carboxylic acids is 2. The molecule has 3 aromatic rings. The molecule has 1 atom stereocenters. The molecule has 0 spiro atoms. The van der Waals surface area contributed by atoms with Gasteiger partial charge in [0.25, 0.3) is 5.91 Å². The number of benzene rings is 3. The van der Waals surface area contributed by atoms with Crippen molar-refractivity contribution >= 4 is 11.8 Å². The summed E-state index contributed by atoms with van der Waals surface area (Å²) in [5.41, 5.74) is 3.08. The zero-order valence-electron chi connectivity index (χ0n) is 21.4. The molecule has 0 saturated heterocycles. The Balaban J connectivity index is 1.85. The second kappa shape index (κ2) is 13.9. The number of nitrogens with zero attached hydrogens (tertiary/aromatic N) is 1. The average Bonchev–Trinajstić information content (AvgIpc) is 2.91. The summed E-state index contributed by atoms with van der Waals surface area (Å²) in [7, 11) is 1.60. The van der Waals surface area contributed by atoms with Crippen LogP contribution in [0.25, 0.3) is 0 Å². The highest BCUT2D eigenvalue weighted by atomic mass is 16.5. The second-order valence-electron chi connectivity index (χ2n) is 8.82. The summed E-state index contributed by atoms with van der Waals surface area (Å²) >= 11 is 0. The molecule has 1 N–H and O–H groups in total. The molecule has 0 aliphatic carbocycles. The van der Waals surface area contributed by atoms with Gasteiger partial charge in [-0.15, -0.1) is 0 Å². The lowest BCUT2D eigenvalue weighted by Gasteiger charge is -2.31. The Hall–Kier alpha value is -3.80. The molecule has 0 saturated carbocycles. The van der Waals surface area contributed by atoms with Crippen LogP contribution in [0.2, 0.25) is 0 Å². The Kier molecular flexibility index (Phi) is 10.4. The first-order valence-electron chi connectivity index (χ1n) is 12.4. The number of methoxy groups -OCH3 is 1. The smallest absolute Gasteiger partial charge is 0.261 e. The second-order valence-corrected chi connectivity index (χ2v) is 8.82. The van der Waals surface area contributed by atoms with E-state index < -0.39 is 6.04 Å². The molecule has 6 nitrogen and oxygen atoms in total. The van der Waals surface area contributed by atoms with Crippen LogP contribution in [0.4, 0.5) is 0 Å². The van der Waals surface area contributed by atoms with Gasteiger partial charge in [0, 0.05) is 19.5 Å². The third-order valence-corrected chi connectivity index (χ3v) is 6.00. The molecule has 0 aromatic heterocycles. The van der Waals surface area contributed by atoms with Gasteiger partial charge in [-0.3, -0.25) is 9.59 Å². The summed E-state index contributed by atoms with van der Waals surface area (Å²) in [6, 6.07) is 24.2. The molecule has 0 radical (unpaired) electrons. The lowest BCUT2D eigenvalue weighted by atomic mass is 10.0. The topological polar surface area (TPSA) is 67.9 Å². The Morgan fingerprint density at radius 2 is 1.56 bits per heavy atom. The first kappa shape index (κ1) is 26.8. The zero-order chi connectivity index (χ0) is 25.8. The van der Waals surface area contributed by atoms with Crippen molar-refractivity contribution in [3.63, 3.8) is 0 Å². The van der Waals surface area contributed by atoms with E-state index in [1.165, 1.54) is 0 Å². The fourth-order valence-corrected chi connectivity index (χ4v) is 3.85. The highest BCUT2D eigenvalue weighted by Crippen LogP contribution is 2.19. The maximum Gasteiger partial charge on any atom is 0.261 e. The number of hydrogen-bond donors (Lipinski definition) is 1. The molecule has 0 unspecified atom stereocenters. The number of nitrogens with one attached hydrogen (secondary N) is 1. The van der Waals surface area contributed by atoms with Gasteiger partial charge < -0.3 is 19.7 Å². The van der Waals surface area contributed by atoms with Gasteiger partial charge in [-0.05, 0) is 48.7 Å². The van der Waals surface area contributed by atoms with Gasteiger partial charge in [0.05, 0.1) is 7.11 Å². The number of ether oxygens (including phenoxy) is 2. The molecule has 0 bridgehead atoms. The van der Waals surface area contributed by atoms with Gasteiger partial charge in [0.15, 0.2) is 6.61 Å². The van der Waals surface area contributed by atoms with Crippen LogP contribution in [0.5, 0.6) is 11.5 Å². The summed E-state index contributed by atoms with van der Waals surface area (Å²) in [6.07, 6.45) is 2.28. The third-order valence-electron chi connectivity index (χ3n) is 6.00. The predicted molar refractivity (Wildman–Crippen MR) is 142 cm³/mol. The van der Waals surface area contributed by atoms with Gasteiger partial charge >= 0.3 is 0 Å². The van der Waals surface area contributed by atoms with Crippen molar-refractivity contribution in [2.75, 3.05) is 20.3 Å². The molecular formula is C30H36N2O4. The number of amides is 2. The monoisotopic (exact) mass is 488 g/mol. The average molecular weight is 489 g/mol. The molecular weight excluding hydrogens is 452 g/mol. The largest absolute Gasteiger partial charge is 0.497 e. The maximum absolute atomic E-state index is 13.6. The van der Waals surface area contributed by atoms with Crippen molar-refractivity contribution in [1.29, 1.82) is 0 Å². The highest BCUT2D eigenvalue weighted by Gasteiger charge is 2.30. The summed E-state index contributed by atoms with van der Waals surface area (Å²) in [4.78, 5) is 28.6. The first-order valence-corrected chi connectivity index (χ1v) is 12.4. The number of carbonyl (C=O) groups is 2. The normalized spacial score (nSPS) is 11.4. The molecule has 0 aliphatic rings. The lowest BCUT2D eigenvalue weighted by molar-refractivity contribution is -0.142. The minimum absolute atomic E-state index is 0.155. The molecule has 2 amide bonds. The SMILES string of the molecule is CCCCNC(=O)[C@@H](Cc1ccccc1)N(Cc1ccc(C)cc1)C(=O)COc1ccc(OC)cc1. The van der Waals surface area contributed by atoms with Crippen LogP contribution < -0.4 is 14.8 Å². The molecule has 190 valence electrons. The quantitative estimate of drug-likeness (QED) is 0.346. The fraction of sp³-hybridized carbons (Fsp3) is 0.333. The fourth-order valence-electron chi connectivity index (χ4n) is 3.85. The van der Waals surface area contributed by atoms with Crippen molar-refractivity contribution < 1.29 is 19.1 Å². The van der Waals surface area contributed by atoms with E-state index in [-0.39, 0.29) is 18.4 Å². The summed E-state index contributed by atoms with van der Waals surface area (Å²) in [6.45, 7) is 4.82. The number of aryl methyl sites for hydroxylation is 1. The van der Waals surface area contributed by atoms with E-state index >= 15 is 0 Å². The molecule has 3 aromatic carbocycles. The summed E-state index contributed by atoms with van der Waals surface area (Å²) in [5.74, 6) is 0.864. The minimum atomic E-state index is -0.669. The van der Waals surface area contributed by atoms with Crippen LogP contribution in [0.3, 0.4) is 0 Å². The zero-order valence-corrected chi connectivity index (χ0v) is 21.4. The number of unbranched alkanes of at least 4 members (excludes halogenated alkanes) is 1. The van der Waals surface area contributed by atoms with E-state index in [4.69, 9.17) is 9.47 Å². The van der Waals surface area contributed by atoms with E-state index in [1.54, 1.807) is 36.3 Å². The van der Waals surface area contributed by atoms with E-state index in [2.05, 4.69) is 12.2 Å². The first-order chi connectivity index (χ1) is 17.5. The standard InChI is InChI=1S/C30H36N2O4/c1-4-5-19-31-30(34)28(20-24-9-7-6-8-10-24)32(21-25-13-11-23(2)12-14-25)29(33)22-36-27-17-15-26(35-3)16-18-27/h6-18,28H,4-5,19-22H2,1-3H3,(H,31,34)/t28-/m1/s1. The van der Waals surface area contributed by atoms with Crippen molar-refractivity contribution in [3.8, 4) is 11.5 Å². The van der Waals surface area contributed by atoms with Crippen molar-refractivity contribution in [2.24, 2.45) is 0 Å². The Bertz CT molecular complexity index is 1080. The Morgan fingerprint density at radius 3 is 2.19 bits per heavy atom. The minimum Gasteiger partial charge on any atom is -0.497 e. The van der Waals surface area contributed by atoms with Gasteiger partial charge in [-0.1, -0.05) is 73.5 Å². The van der Waals surface area contributed by atoms with Crippen molar-refractivity contribution in [1.82, 2.24) is 10.2 Å². The van der Waals surface area contributed by atoms with Crippen LogP contribution in [0, 0.1) is 6.92 Å². The van der Waals surface area contributed by atoms with Crippen molar-refractivity contribution in [3.05, 3.63) is 95.6 Å². The number of rotatable bonds is 13.